The number of rotatable bonds is 6. The molecule has 2 aliphatic heterocycles. The van der Waals surface area contributed by atoms with Gasteiger partial charge in [0, 0.05) is 57.4 Å². The van der Waals surface area contributed by atoms with E-state index < -0.39 is 6.10 Å². The molecule has 34 heavy (non-hydrogen) atoms. The van der Waals surface area contributed by atoms with Crippen molar-refractivity contribution in [2.24, 2.45) is 11.8 Å². The second-order valence-corrected chi connectivity index (χ2v) is 10.4. The zero-order valence-electron chi connectivity index (χ0n) is 19.8. The van der Waals surface area contributed by atoms with Crippen molar-refractivity contribution >= 4 is 39.8 Å². The van der Waals surface area contributed by atoms with Crippen LogP contribution in [0, 0.1) is 11.8 Å². The maximum absolute atomic E-state index is 12.7. The van der Waals surface area contributed by atoms with Crippen LogP contribution in [0.3, 0.4) is 0 Å². The number of amides is 1. The van der Waals surface area contributed by atoms with Crippen LogP contribution in [0.15, 0.2) is 24.4 Å². The van der Waals surface area contributed by atoms with E-state index in [1.54, 1.807) is 13.3 Å². The average Bonchev–Trinajstić information content (AvgIpc) is 3.15. The Labute approximate surface area is 205 Å². The molecule has 1 aliphatic carbocycles. The Hall–Kier alpha value is -1.97. The lowest BCUT2D eigenvalue weighted by Gasteiger charge is -2.45. The number of piperazine rings is 1. The van der Waals surface area contributed by atoms with Gasteiger partial charge in [0.1, 0.15) is 5.82 Å². The molecule has 3 fully saturated rings. The summed E-state index contributed by atoms with van der Waals surface area (Å²) >= 11 is 6.66. The molecule has 1 aromatic heterocycles. The van der Waals surface area contributed by atoms with Crippen molar-refractivity contribution in [1.82, 2.24) is 9.88 Å². The van der Waals surface area contributed by atoms with E-state index in [1.807, 2.05) is 12.1 Å². The lowest BCUT2D eigenvalue weighted by atomic mass is 9.73. The minimum Gasteiger partial charge on any atom is -0.389 e. The molecule has 2 saturated heterocycles. The van der Waals surface area contributed by atoms with Crippen LogP contribution in [0.1, 0.15) is 19.8 Å². The lowest BCUT2D eigenvalue weighted by molar-refractivity contribution is -0.126. The van der Waals surface area contributed by atoms with Gasteiger partial charge in [0.2, 0.25) is 5.91 Å². The minimum absolute atomic E-state index is 0.0111. The van der Waals surface area contributed by atoms with Gasteiger partial charge in [0.25, 0.3) is 0 Å². The summed E-state index contributed by atoms with van der Waals surface area (Å²) in [7, 11) is 1.67. The summed E-state index contributed by atoms with van der Waals surface area (Å²) in [5, 5.41) is 16.0. The smallest absolute Gasteiger partial charge is 0.229 e. The van der Waals surface area contributed by atoms with E-state index in [-0.39, 0.29) is 23.3 Å². The summed E-state index contributed by atoms with van der Waals surface area (Å²) in [6.07, 6.45) is 3.21. The van der Waals surface area contributed by atoms with E-state index in [0.29, 0.717) is 30.7 Å². The Bertz CT molecular complexity index is 1060. The number of ether oxygens (including phenoxy) is 2. The molecule has 1 amide bonds. The zero-order valence-corrected chi connectivity index (χ0v) is 20.6. The van der Waals surface area contributed by atoms with E-state index in [0.717, 1.165) is 55.5 Å². The summed E-state index contributed by atoms with van der Waals surface area (Å²) in [5.74, 6) is 0.840. The molecule has 0 spiro atoms. The fourth-order valence-corrected chi connectivity index (χ4v) is 5.72. The van der Waals surface area contributed by atoms with Gasteiger partial charge in [0.05, 0.1) is 35.6 Å². The van der Waals surface area contributed by atoms with Gasteiger partial charge in [-0.15, -0.1) is 0 Å². The van der Waals surface area contributed by atoms with Crippen LogP contribution in [-0.4, -0.2) is 85.6 Å². The van der Waals surface area contributed by atoms with Crippen LogP contribution in [0.5, 0.6) is 0 Å². The second-order valence-electron chi connectivity index (χ2n) is 9.97. The highest BCUT2D eigenvalue weighted by Crippen LogP contribution is 2.36. The van der Waals surface area contributed by atoms with Gasteiger partial charge >= 0.3 is 0 Å². The van der Waals surface area contributed by atoms with Crippen molar-refractivity contribution in [2.45, 2.75) is 31.4 Å². The summed E-state index contributed by atoms with van der Waals surface area (Å²) in [6.45, 7) is 6.92. The number of anilines is 2. The van der Waals surface area contributed by atoms with Crippen LogP contribution < -0.4 is 10.2 Å². The molecular formula is C25H33ClN4O4. The molecule has 2 aromatic rings. The van der Waals surface area contributed by atoms with E-state index in [1.165, 1.54) is 0 Å². The normalized spacial score (nSPS) is 29.9. The highest BCUT2D eigenvalue weighted by molar-refractivity contribution is 6.34. The fraction of sp³-hybridized carbons (Fsp3) is 0.600. The third-order valence-electron chi connectivity index (χ3n) is 7.90. The number of benzene rings is 1. The Kier molecular flexibility index (Phi) is 6.70. The number of hydrogen-bond donors (Lipinski definition) is 2. The zero-order chi connectivity index (χ0) is 23.9. The molecule has 3 aliphatic rings. The van der Waals surface area contributed by atoms with Crippen molar-refractivity contribution in [2.75, 3.05) is 63.3 Å². The number of fused-ring (bicyclic) bond motifs is 1. The highest BCUT2D eigenvalue weighted by Gasteiger charge is 2.44. The number of aliphatic hydroxyl groups is 1. The summed E-state index contributed by atoms with van der Waals surface area (Å²) in [4.78, 5) is 21.7. The molecule has 5 rings (SSSR count). The molecular weight excluding hydrogens is 456 g/mol. The van der Waals surface area contributed by atoms with Crippen LogP contribution in [0.2, 0.25) is 5.02 Å². The molecule has 4 atom stereocenters. The minimum atomic E-state index is -0.464. The van der Waals surface area contributed by atoms with Crippen LogP contribution in [0.4, 0.5) is 11.5 Å². The van der Waals surface area contributed by atoms with Crippen molar-refractivity contribution in [3.05, 3.63) is 29.4 Å². The maximum atomic E-state index is 12.7. The first-order chi connectivity index (χ1) is 16.4. The number of carbonyl (C=O) groups excluding carboxylic acids is 1. The highest BCUT2D eigenvalue weighted by atomic mass is 35.5. The number of aliphatic hydroxyl groups excluding tert-OH is 1. The topological polar surface area (TPSA) is 87.2 Å². The van der Waals surface area contributed by atoms with Crippen LogP contribution >= 0.6 is 11.6 Å². The standard InChI is InChI=1S/C25H33ClN4O4/c1-25(15-34-14-22(25)31)30-7-5-29(6-8-30)21-10-17-11-23(27-12-18(17)9-20(21)26)28-24(32)19-4-3-16(19)13-33-2/h9-12,16,19,22,31H,3-8,13-15H2,1-2H3,(H,27,28,32). The SMILES string of the molecule is COCC1CCC1C(=O)Nc1cc2cc(N3CCN(C4(C)COCC4O)CC3)c(Cl)cc2cn1. The van der Waals surface area contributed by atoms with Gasteiger partial charge in [-0.3, -0.25) is 9.69 Å². The number of nitrogens with one attached hydrogen (secondary N) is 1. The Balaban J connectivity index is 1.29. The molecule has 1 aromatic carbocycles. The quantitative estimate of drug-likeness (QED) is 0.646. The summed E-state index contributed by atoms with van der Waals surface area (Å²) in [5.41, 5.74) is 0.644. The van der Waals surface area contributed by atoms with Gasteiger partial charge < -0.3 is 24.8 Å². The summed E-state index contributed by atoms with van der Waals surface area (Å²) < 4.78 is 10.7. The van der Waals surface area contributed by atoms with Crippen LogP contribution in [0.25, 0.3) is 10.8 Å². The maximum Gasteiger partial charge on any atom is 0.229 e. The predicted molar refractivity (Wildman–Crippen MR) is 132 cm³/mol. The molecule has 8 nitrogen and oxygen atoms in total. The predicted octanol–water partition coefficient (Wildman–Crippen LogP) is 2.77. The van der Waals surface area contributed by atoms with E-state index in [2.05, 4.69) is 33.1 Å². The largest absolute Gasteiger partial charge is 0.389 e. The number of nitrogens with zero attached hydrogens (tertiary/aromatic N) is 3. The first-order valence-electron chi connectivity index (χ1n) is 12.0. The van der Waals surface area contributed by atoms with Crippen LogP contribution in [-0.2, 0) is 14.3 Å². The van der Waals surface area contributed by atoms with E-state index in [4.69, 9.17) is 21.1 Å². The molecule has 1 saturated carbocycles. The molecule has 4 unspecified atom stereocenters. The first-order valence-corrected chi connectivity index (χ1v) is 12.4. The molecule has 2 N–H and O–H groups in total. The van der Waals surface area contributed by atoms with E-state index in [9.17, 15) is 9.90 Å². The molecule has 9 heteroatoms. The molecule has 184 valence electrons. The number of carbonyl (C=O) groups is 1. The van der Waals surface area contributed by atoms with Crippen molar-refractivity contribution in [1.29, 1.82) is 0 Å². The molecule has 3 heterocycles. The molecule has 0 radical (unpaired) electrons. The number of methoxy groups -OCH3 is 1. The summed E-state index contributed by atoms with van der Waals surface area (Å²) in [6, 6.07) is 5.94. The third kappa shape index (κ3) is 4.38. The lowest BCUT2D eigenvalue weighted by Crippen LogP contribution is -2.60. The third-order valence-corrected chi connectivity index (χ3v) is 8.21. The van der Waals surface area contributed by atoms with Crippen molar-refractivity contribution in [3.8, 4) is 0 Å². The van der Waals surface area contributed by atoms with E-state index >= 15 is 0 Å². The van der Waals surface area contributed by atoms with Gasteiger partial charge in [-0.25, -0.2) is 4.98 Å². The van der Waals surface area contributed by atoms with Gasteiger partial charge in [-0.05, 0) is 49.3 Å². The molecule has 0 bridgehead atoms. The monoisotopic (exact) mass is 488 g/mol. The van der Waals surface area contributed by atoms with Gasteiger partial charge in [-0.2, -0.15) is 0 Å². The van der Waals surface area contributed by atoms with Crippen molar-refractivity contribution in [3.63, 3.8) is 0 Å². The van der Waals surface area contributed by atoms with Gasteiger partial charge in [0.15, 0.2) is 0 Å². The number of pyridine rings is 1. The second kappa shape index (κ2) is 9.59. The Morgan fingerprint density at radius 1 is 1.26 bits per heavy atom. The Morgan fingerprint density at radius 2 is 2.06 bits per heavy atom. The first kappa shape index (κ1) is 23.8. The van der Waals surface area contributed by atoms with Gasteiger partial charge in [-0.1, -0.05) is 11.6 Å². The number of hydrogen-bond acceptors (Lipinski definition) is 7. The van der Waals surface area contributed by atoms with Crippen molar-refractivity contribution < 1.29 is 19.4 Å². The number of aromatic nitrogens is 1. The Morgan fingerprint density at radius 3 is 2.71 bits per heavy atom. The average molecular weight is 489 g/mol. The number of halogens is 1. The fourth-order valence-electron chi connectivity index (χ4n) is 5.42.